The van der Waals surface area contributed by atoms with E-state index in [0.29, 0.717) is 0 Å². The fourth-order valence-corrected chi connectivity index (χ4v) is 3.63. The number of thioether (sulfide) groups is 1. The van der Waals surface area contributed by atoms with Crippen molar-refractivity contribution in [1.29, 1.82) is 0 Å². The lowest BCUT2D eigenvalue weighted by atomic mass is 10.3. The van der Waals surface area contributed by atoms with E-state index >= 15 is 0 Å². The third-order valence-corrected chi connectivity index (χ3v) is 4.63. The van der Waals surface area contributed by atoms with Crippen molar-refractivity contribution in [3.05, 3.63) is 24.3 Å². The summed E-state index contributed by atoms with van der Waals surface area (Å²) in [5, 5.41) is 4.36. The number of thiazole rings is 1. The van der Waals surface area contributed by atoms with Crippen LogP contribution in [0.15, 0.2) is 28.6 Å². The molecule has 0 spiro atoms. The van der Waals surface area contributed by atoms with Crippen LogP contribution in [0, 0.1) is 0 Å². The van der Waals surface area contributed by atoms with E-state index < -0.39 is 0 Å². The Bertz CT molecular complexity index is 411. The number of alkyl halides is 1. The number of fused-ring (bicyclic) bond motifs is 1. The highest BCUT2D eigenvalue weighted by molar-refractivity contribution is 9.09. The first-order chi connectivity index (χ1) is 7.90. The summed E-state index contributed by atoms with van der Waals surface area (Å²) in [6.45, 7) is 2.06. The van der Waals surface area contributed by atoms with Crippen LogP contribution in [-0.2, 0) is 0 Å². The van der Waals surface area contributed by atoms with Gasteiger partial charge in [0.05, 0.1) is 10.2 Å². The Morgan fingerprint density at radius 3 is 3.00 bits per heavy atom. The van der Waals surface area contributed by atoms with E-state index in [2.05, 4.69) is 44.4 Å². The van der Waals surface area contributed by atoms with Gasteiger partial charge in [-0.05, 0) is 12.1 Å². The van der Waals surface area contributed by atoms with Gasteiger partial charge in [-0.1, -0.05) is 39.8 Å². The summed E-state index contributed by atoms with van der Waals surface area (Å²) < 4.78 is 2.44. The molecule has 1 heterocycles. The fourth-order valence-electron chi connectivity index (χ4n) is 1.32. The van der Waals surface area contributed by atoms with E-state index in [9.17, 15) is 0 Å². The zero-order valence-electron chi connectivity index (χ0n) is 8.78. The summed E-state index contributed by atoms with van der Waals surface area (Å²) in [5.41, 5.74) is 1.11. The van der Waals surface area contributed by atoms with E-state index in [1.807, 2.05) is 17.8 Å². The number of para-hydroxylation sites is 1. The summed E-state index contributed by atoms with van der Waals surface area (Å²) >= 11 is 6.99. The molecule has 0 unspecified atom stereocenters. The molecule has 0 bridgehead atoms. The van der Waals surface area contributed by atoms with Gasteiger partial charge in [0.25, 0.3) is 0 Å². The largest absolute Gasteiger partial charge is 0.315 e. The smallest absolute Gasteiger partial charge is 0.151 e. The fraction of sp³-hybridized carbons (Fsp3) is 0.364. The zero-order chi connectivity index (χ0) is 11.2. The molecule has 0 aliphatic rings. The second kappa shape index (κ2) is 6.59. The summed E-state index contributed by atoms with van der Waals surface area (Å²) in [7, 11) is 0. The monoisotopic (exact) mass is 316 g/mol. The molecule has 2 aromatic rings. The zero-order valence-corrected chi connectivity index (χ0v) is 12.0. The van der Waals surface area contributed by atoms with E-state index in [1.165, 1.54) is 9.04 Å². The number of aromatic nitrogens is 1. The van der Waals surface area contributed by atoms with E-state index in [4.69, 9.17) is 0 Å². The topological polar surface area (TPSA) is 24.9 Å². The van der Waals surface area contributed by atoms with Crippen molar-refractivity contribution < 1.29 is 0 Å². The van der Waals surface area contributed by atoms with Crippen LogP contribution < -0.4 is 5.32 Å². The molecule has 2 nitrogen and oxygen atoms in total. The molecule has 1 N–H and O–H groups in total. The van der Waals surface area contributed by atoms with Crippen molar-refractivity contribution >= 4 is 49.2 Å². The Labute approximate surface area is 112 Å². The minimum Gasteiger partial charge on any atom is -0.315 e. The maximum atomic E-state index is 4.57. The summed E-state index contributed by atoms with van der Waals surface area (Å²) in [6, 6.07) is 8.29. The highest BCUT2D eigenvalue weighted by Crippen LogP contribution is 2.28. The standard InChI is InChI=1S/C11H13BrN2S2/c12-5-6-13-7-8-15-11-14-9-3-1-2-4-10(9)16-11/h1-4,13H,5-8H2. The minimum atomic E-state index is 1.01. The second-order valence-corrected chi connectivity index (χ2v) is 6.40. The molecule has 1 aromatic heterocycles. The number of hydrogen-bond acceptors (Lipinski definition) is 4. The number of hydrogen-bond donors (Lipinski definition) is 1. The Kier molecular flexibility index (Phi) is 5.09. The van der Waals surface area contributed by atoms with Crippen molar-refractivity contribution in [1.82, 2.24) is 10.3 Å². The first-order valence-electron chi connectivity index (χ1n) is 5.15. The lowest BCUT2D eigenvalue weighted by Crippen LogP contribution is -2.19. The van der Waals surface area contributed by atoms with Gasteiger partial charge >= 0.3 is 0 Å². The highest BCUT2D eigenvalue weighted by Gasteiger charge is 2.02. The van der Waals surface area contributed by atoms with Crippen LogP contribution in [0.4, 0.5) is 0 Å². The van der Waals surface area contributed by atoms with Crippen molar-refractivity contribution in [2.75, 3.05) is 24.2 Å². The van der Waals surface area contributed by atoms with Crippen LogP contribution in [0.5, 0.6) is 0 Å². The van der Waals surface area contributed by atoms with Crippen LogP contribution in [0.25, 0.3) is 10.2 Å². The first-order valence-corrected chi connectivity index (χ1v) is 8.07. The normalized spacial score (nSPS) is 11.1. The first kappa shape index (κ1) is 12.4. The Morgan fingerprint density at radius 2 is 2.19 bits per heavy atom. The molecule has 86 valence electrons. The molecule has 0 saturated heterocycles. The molecule has 0 fully saturated rings. The molecule has 2 rings (SSSR count). The van der Waals surface area contributed by atoms with Gasteiger partial charge in [0.15, 0.2) is 4.34 Å². The van der Waals surface area contributed by atoms with Crippen molar-refractivity contribution in [2.24, 2.45) is 0 Å². The predicted molar refractivity (Wildman–Crippen MR) is 77.0 cm³/mol. The van der Waals surface area contributed by atoms with Gasteiger partial charge in [0.2, 0.25) is 0 Å². The van der Waals surface area contributed by atoms with Gasteiger partial charge in [0.1, 0.15) is 0 Å². The molecular weight excluding hydrogens is 304 g/mol. The number of rotatable bonds is 6. The van der Waals surface area contributed by atoms with Gasteiger partial charge in [-0.15, -0.1) is 11.3 Å². The number of benzene rings is 1. The average molecular weight is 317 g/mol. The van der Waals surface area contributed by atoms with Gasteiger partial charge in [0, 0.05) is 24.2 Å². The summed E-state index contributed by atoms with van der Waals surface area (Å²) in [6.07, 6.45) is 0. The molecule has 5 heteroatoms. The Balaban J connectivity index is 1.85. The third kappa shape index (κ3) is 3.45. The van der Waals surface area contributed by atoms with Gasteiger partial charge in [-0.25, -0.2) is 4.98 Å². The Hall–Kier alpha value is -0.100. The van der Waals surface area contributed by atoms with Crippen LogP contribution in [-0.4, -0.2) is 29.2 Å². The van der Waals surface area contributed by atoms with E-state index in [-0.39, 0.29) is 0 Å². The predicted octanol–water partition coefficient (Wildman–Crippen LogP) is 3.37. The lowest BCUT2D eigenvalue weighted by Gasteiger charge is -1.99. The minimum absolute atomic E-state index is 1.01. The molecule has 0 amide bonds. The molecule has 0 aliphatic heterocycles. The van der Waals surface area contributed by atoms with Crippen molar-refractivity contribution in [3.8, 4) is 0 Å². The maximum Gasteiger partial charge on any atom is 0.151 e. The average Bonchev–Trinajstić information content (AvgIpc) is 2.71. The molecule has 0 radical (unpaired) electrons. The highest BCUT2D eigenvalue weighted by atomic mass is 79.9. The number of nitrogens with one attached hydrogen (secondary N) is 1. The van der Waals surface area contributed by atoms with Crippen LogP contribution in [0.1, 0.15) is 0 Å². The van der Waals surface area contributed by atoms with Crippen molar-refractivity contribution in [2.45, 2.75) is 4.34 Å². The second-order valence-electron chi connectivity index (χ2n) is 3.23. The van der Waals surface area contributed by atoms with Crippen LogP contribution >= 0.6 is 39.0 Å². The SMILES string of the molecule is BrCCNCCSc1nc2ccccc2s1. The van der Waals surface area contributed by atoms with E-state index in [1.54, 1.807) is 11.3 Å². The van der Waals surface area contributed by atoms with Crippen LogP contribution in [0.2, 0.25) is 0 Å². The molecule has 0 atom stereocenters. The third-order valence-electron chi connectivity index (χ3n) is 2.05. The summed E-state index contributed by atoms with van der Waals surface area (Å²) in [5.74, 6) is 1.08. The van der Waals surface area contributed by atoms with Gasteiger partial charge in [-0.3, -0.25) is 0 Å². The van der Waals surface area contributed by atoms with Gasteiger partial charge < -0.3 is 5.32 Å². The van der Waals surface area contributed by atoms with E-state index in [0.717, 1.165) is 29.7 Å². The number of halogens is 1. The quantitative estimate of drug-likeness (QED) is 0.502. The summed E-state index contributed by atoms with van der Waals surface area (Å²) in [4.78, 5) is 4.57. The van der Waals surface area contributed by atoms with Crippen molar-refractivity contribution in [3.63, 3.8) is 0 Å². The molecule has 1 aromatic carbocycles. The molecular formula is C11H13BrN2S2. The van der Waals surface area contributed by atoms with Gasteiger partial charge in [-0.2, -0.15) is 0 Å². The molecule has 0 saturated carbocycles. The Morgan fingerprint density at radius 1 is 1.31 bits per heavy atom. The molecule has 16 heavy (non-hydrogen) atoms. The van der Waals surface area contributed by atoms with Crippen LogP contribution in [0.3, 0.4) is 0 Å². The number of nitrogens with zero attached hydrogens (tertiary/aromatic N) is 1. The maximum absolute atomic E-state index is 4.57. The molecule has 0 aliphatic carbocycles. The lowest BCUT2D eigenvalue weighted by molar-refractivity contribution is 0.777.